The van der Waals surface area contributed by atoms with Gasteiger partial charge in [0.2, 0.25) is 0 Å². The number of carboxylic acid groups (broad SMARTS) is 1. The molecule has 0 unspecified atom stereocenters. The predicted molar refractivity (Wildman–Crippen MR) is 72.2 cm³/mol. The second-order valence-electron chi connectivity index (χ2n) is 3.72. The highest BCUT2D eigenvalue weighted by Crippen LogP contribution is 2.40. The van der Waals surface area contributed by atoms with E-state index in [1.807, 2.05) is 23.5 Å². The number of aliphatic carboxylic acids is 1. The molecule has 5 heteroatoms. The molecule has 1 fully saturated rings. The van der Waals surface area contributed by atoms with E-state index in [0.717, 1.165) is 17.3 Å². The van der Waals surface area contributed by atoms with Gasteiger partial charge in [0, 0.05) is 17.9 Å². The lowest BCUT2D eigenvalue weighted by Gasteiger charge is -2.07. The van der Waals surface area contributed by atoms with E-state index in [-0.39, 0.29) is 0 Å². The van der Waals surface area contributed by atoms with Crippen molar-refractivity contribution in [3.05, 3.63) is 0 Å². The lowest BCUT2D eigenvalue weighted by atomic mass is 10.2. The molecule has 1 heterocycles. The van der Waals surface area contributed by atoms with Gasteiger partial charge in [-0.2, -0.15) is 0 Å². The molecule has 0 amide bonds. The summed E-state index contributed by atoms with van der Waals surface area (Å²) in [6.07, 6.45) is 5.37. The number of thioether (sulfide) groups is 2. The Labute approximate surface area is 106 Å². The molecule has 16 heavy (non-hydrogen) atoms. The quantitative estimate of drug-likeness (QED) is 0.749. The van der Waals surface area contributed by atoms with Gasteiger partial charge >= 0.3 is 0 Å². The van der Waals surface area contributed by atoms with Crippen LogP contribution in [0.25, 0.3) is 0 Å². The van der Waals surface area contributed by atoms with Crippen molar-refractivity contribution < 1.29 is 15.0 Å². The molecule has 2 atom stereocenters. The largest absolute Gasteiger partial charge is 0.481 e. The van der Waals surface area contributed by atoms with E-state index in [1.165, 1.54) is 25.7 Å². The van der Waals surface area contributed by atoms with Crippen molar-refractivity contribution in [1.82, 2.24) is 0 Å². The summed E-state index contributed by atoms with van der Waals surface area (Å²) in [6.45, 7) is 3.69. The zero-order chi connectivity index (χ0) is 12.4. The summed E-state index contributed by atoms with van der Waals surface area (Å²) in [4.78, 5) is 9.00. The summed E-state index contributed by atoms with van der Waals surface area (Å²) in [5.41, 5.74) is 0. The van der Waals surface area contributed by atoms with Gasteiger partial charge in [0.05, 0.1) is 11.2 Å². The van der Waals surface area contributed by atoms with Crippen LogP contribution in [0.4, 0.5) is 0 Å². The van der Waals surface area contributed by atoms with Crippen LogP contribution >= 0.6 is 23.5 Å². The molecule has 1 aliphatic rings. The van der Waals surface area contributed by atoms with Crippen LogP contribution in [0, 0.1) is 0 Å². The minimum absolute atomic E-state index is 0.363. The van der Waals surface area contributed by atoms with Gasteiger partial charge in [-0.05, 0) is 6.42 Å². The monoisotopic (exact) mass is 266 g/mol. The van der Waals surface area contributed by atoms with Crippen molar-refractivity contribution >= 4 is 29.5 Å². The average molecular weight is 266 g/mol. The zero-order valence-corrected chi connectivity index (χ0v) is 11.6. The molecule has 1 aliphatic heterocycles. The van der Waals surface area contributed by atoms with Gasteiger partial charge in [0.1, 0.15) is 0 Å². The molecule has 3 nitrogen and oxygen atoms in total. The molecule has 0 radical (unpaired) electrons. The van der Waals surface area contributed by atoms with Crippen molar-refractivity contribution in [1.29, 1.82) is 0 Å². The van der Waals surface area contributed by atoms with E-state index >= 15 is 0 Å². The Balaban J connectivity index is 0.000000487. The third-order valence-corrected chi connectivity index (χ3v) is 5.45. The van der Waals surface area contributed by atoms with Crippen LogP contribution in [0.3, 0.4) is 0 Å². The van der Waals surface area contributed by atoms with Crippen LogP contribution in [0.15, 0.2) is 0 Å². The fraction of sp³-hybridized carbons (Fsp3) is 0.909. The maximum atomic E-state index is 9.00. The van der Waals surface area contributed by atoms with Crippen LogP contribution in [0.2, 0.25) is 0 Å². The first kappa shape index (κ1) is 16.1. The average Bonchev–Trinajstić information content (AvgIpc) is 2.65. The topological polar surface area (TPSA) is 57.5 Å². The normalized spacial score (nSPS) is 23.7. The predicted octanol–water partition coefficient (Wildman–Crippen LogP) is 2.82. The zero-order valence-electron chi connectivity index (χ0n) is 10.0. The van der Waals surface area contributed by atoms with Crippen LogP contribution in [-0.2, 0) is 4.79 Å². The van der Waals surface area contributed by atoms with Gasteiger partial charge in [0.25, 0.3) is 5.97 Å². The molecule has 0 aliphatic carbocycles. The van der Waals surface area contributed by atoms with E-state index in [2.05, 4.69) is 6.92 Å². The summed E-state index contributed by atoms with van der Waals surface area (Å²) in [7, 11) is 0. The van der Waals surface area contributed by atoms with Gasteiger partial charge < -0.3 is 10.2 Å². The molecule has 0 saturated carbocycles. The molecule has 96 valence electrons. The molecule has 0 aromatic rings. The molecule has 0 aromatic carbocycles. The lowest BCUT2D eigenvalue weighted by molar-refractivity contribution is -0.134. The summed E-state index contributed by atoms with van der Waals surface area (Å²) in [5, 5.41) is 16.9. The number of carbonyl (C=O) groups is 1. The van der Waals surface area contributed by atoms with E-state index in [9.17, 15) is 0 Å². The molecule has 1 saturated heterocycles. The van der Waals surface area contributed by atoms with Crippen LogP contribution < -0.4 is 0 Å². The van der Waals surface area contributed by atoms with Crippen LogP contribution in [0.5, 0.6) is 0 Å². The highest BCUT2D eigenvalue weighted by atomic mass is 32.2. The molecule has 0 bridgehead atoms. The molecular formula is C11H22O3S2. The third kappa shape index (κ3) is 9.36. The number of unbranched alkanes of at least 4 members (excludes halogenated alkanes) is 2. The van der Waals surface area contributed by atoms with Gasteiger partial charge in [-0.25, -0.2) is 0 Å². The molecule has 2 N–H and O–H groups in total. The Bertz CT molecular complexity index is 184. The summed E-state index contributed by atoms with van der Waals surface area (Å²) in [6, 6.07) is 0. The highest BCUT2D eigenvalue weighted by molar-refractivity contribution is 8.20. The highest BCUT2D eigenvalue weighted by Gasteiger charge is 2.24. The smallest absolute Gasteiger partial charge is 0.300 e. The number of carboxylic acids is 1. The first-order valence-electron chi connectivity index (χ1n) is 5.67. The summed E-state index contributed by atoms with van der Waals surface area (Å²) in [5.74, 6) is 0.317. The van der Waals surface area contributed by atoms with Gasteiger partial charge in [0.15, 0.2) is 0 Å². The molecule has 1 rings (SSSR count). The number of hydrogen-bond donors (Lipinski definition) is 2. The van der Waals surface area contributed by atoms with Crippen LogP contribution in [0.1, 0.15) is 39.5 Å². The maximum absolute atomic E-state index is 9.00. The number of rotatable bonds is 5. The molecule has 0 aromatic heterocycles. The molecule has 0 spiro atoms. The van der Waals surface area contributed by atoms with Crippen molar-refractivity contribution in [2.24, 2.45) is 0 Å². The Morgan fingerprint density at radius 1 is 1.44 bits per heavy atom. The first-order valence-corrected chi connectivity index (χ1v) is 7.66. The Kier molecular flexibility index (Phi) is 10.4. The van der Waals surface area contributed by atoms with E-state index in [1.54, 1.807) is 0 Å². The Hall–Kier alpha value is 0.130. The standard InChI is InChI=1S/C9H18OS2.C2H4O2/c1-2-3-4-5-9-11-7-8(6-10)12-9;1-2(3)4/h8-10H,2-7H2,1H3;1H3,(H,3,4)/t8-,9-;/m1./s1. The van der Waals surface area contributed by atoms with E-state index < -0.39 is 5.97 Å². The number of aliphatic hydroxyl groups is 1. The minimum atomic E-state index is -0.833. The van der Waals surface area contributed by atoms with Gasteiger partial charge in [-0.15, -0.1) is 23.5 Å². The van der Waals surface area contributed by atoms with Crippen molar-refractivity contribution in [2.45, 2.75) is 49.4 Å². The SMILES string of the molecule is CC(=O)O.CCCCC[C@@H]1SC[C@@H](CO)S1. The number of aliphatic hydroxyl groups excluding tert-OH is 1. The second kappa shape index (κ2) is 10.3. The fourth-order valence-corrected chi connectivity index (χ4v) is 4.57. The van der Waals surface area contributed by atoms with Crippen molar-refractivity contribution in [3.63, 3.8) is 0 Å². The molecular weight excluding hydrogens is 244 g/mol. The maximum Gasteiger partial charge on any atom is 0.300 e. The second-order valence-corrected chi connectivity index (χ2v) is 6.76. The van der Waals surface area contributed by atoms with Crippen LogP contribution in [-0.4, -0.2) is 38.4 Å². The minimum Gasteiger partial charge on any atom is -0.481 e. The van der Waals surface area contributed by atoms with Crippen molar-refractivity contribution in [2.75, 3.05) is 12.4 Å². The Morgan fingerprint density at radius 2 is 2.06 bits per heavy atom. The van der Waals surface area contributed by atoms with Gasteiger partial charge in [-0.3, -0.25) is 4.79 Å². The first-order chi connectivity index (χ1) is 7.60. The Morgan fingerprint density at radius 3 is 2.50 bits per heavy atom. The lowest BCUT2D eigenvalue weighted by Crippen LogP contribution is -2.06. The number of hydrogen-bond acceptors (Lipinski definition) is 4. The van der Waals surface area contributed by atoms with E-state index in [4.69, 9.17) is 15.0 Å². The van der Waals surface area contributed by atoms with E-state index in [0.29, 0.717) is 11.9 Å². The van der Waals surface area contributed by atoms with Gasteiger partial charge in [-0.1, -0.05) is 26.2 Å². The summed E-state index contributed by atoms with van der Waals surface area (Å²) < 4.78 is 0.772. The third-order valence-electron chi connectivity index (χ3n) is 2.06. The fourth-order valence-electron chi connectivity index (χ4n) is 1.32. The summed E-state index contributed by atoms with van der Waals surface area (Å²) >= 11 is 4.00. The van der Waals surface area contributed by atoms with Crippen molar-refractivity contribution in [3.8, 4) is 0 Å².